The van der Waals surface area contributed by atoms with E-state index in [9.17, 15) is 9.59 Å². The van der Waals surface area contributed by atoms with Crippen LogP contribution in [0.25, 0.3) is 0 Å². The quantitative estimate of drug-likeness (QED) is 0.0308. The summed E-state index contributed by atoms with van der Waals surface area (Å²) in [5, 5.41) is 12.6. The van der Waals surface area contributed by atoms with Crippen LogP contribution in [-0.2, 0) is 40.1 Å². The fourth-order valence-corrected chi connectivity index (χ4v) is 19.0. The van der Waals surface area contributed by atoms with Crippen molar-refractivity contribution in [3.8, 4) is 0 Å². The second-order valence-electron chi connectivity index (χ2n) is 18.3. The first-order valence-electron chi connectivity index (χ1n) is 25.4. The van der Waals surface area contributed by atoms with Gasteiger partial charge in [0.15, 0.2) is 0 Å². The van der Waals surface area contributed by atoms with Gasteiger partial charge in [-0.2, -0.15) is 0 Å². The summed E-state index contributed by atoms with van der Waals surface area (Å²) in [6.45, 7) is 6.44. The molecule has 0 amide bonds. The molecule has 0 bridgehead atoms. The molecule has 0 aliphatic heterocycles. The number of nitrogens with one attached hydrogen (secondary N) is 1. The summed E-state index contributed by atoms with van der Waals surface area (Å²) in [4.78, 5) is 29.4. The van der Waals surface area contributed by atoms with Crippen molar-refractivity contribution in [3.63, 3.8) is 0 Å². The molecule has 4 aliphatic carbocycles. The monoisotopic (exact) mass is 1060 g/mol. The van der Waals surface area contributed by atoms with E-state index in [1.165, 1.54) is 61.4 Å². The Labute approximate surface area is 422 Å². The van der Waals surface area contributed by atoms with E-state index in [1.54, 1.807) is 157 Å². The number of halogens is 1. The summed E-state index contributed by atoms with van der Waals surface area (Å²) in [5.41, 5.74) is 7.96. The molecular formula is C57H83ClNO5P2Ru+3. The third kappa shape index (κ3) is 24.7. The van der Waals surface area contributed by atoms with Crippen molar-refractivity contribution >= 4 is 44.6 Å². The summed E-state index contributed by atoms with van der Waals surface area (Å²) >= 11 is 1.62. The van der Waals surface area contributed by atoms with Crippen LogP contribution in [0.5, 0.6) is 0 Å². The molecule has 67 heavy (non-hydrogen) atoms. The Morgan fingerprint density at radius 2 is 0.881 bits per heavy atom. The van der Waals surface area contributed by atoms with Crippen LogP contribution in [0.4, 0.5) is 0 Å². The van der Waals surface area contributed by atoms with Gasteiger partial charge in [0, 0.05) is 34.5 Å². The van der Waals surface area contributed by atoms with Gasteiger partial charge in [0.05, 0.1) is 47.1 Å². The second-order valence-corrected chi connectivity index (χ2v) is 24.9. The molecule has 8 rings (SSSR count). The van der Waals surface area contributed by atoms with E-state index in [2.05, 4.69) is 21.8 Å². The van der Waals surface area contributed by atoms with Crippen molar-refractivity contribution in [1.29, 1.82) is 0 Å². The second kappa shape index (κ2) is 39.1. The third-order valence-electron chi connectivity index (χ3n) is 13.9. The van der Waals surface area contributed by atoms with E-state index < -0.39 is 0 Å². The van der Waals surface area contributed by atoms with Crippen LogP contribution in [0.15, 0.2) is 121 Å². The Morgan fingerprint density at radius 1 is 0.552 bits per heavy atom. The fraction of sp³-hybridized carbons (Fsp3) is 0.526. The van der Waals surface area contributed by atoms with Crippen LogP contribution in [0.2, 0.25) is 0 Å². The summed E-state index contributed by atoms with van der Waals surface area (Å²) in [7, 11) is 4.33. The van der Waals surface area contributed by atoms with Gasteiger partial charge in [-0.15, -0.1) is 0 Å². The number of hydrogen-bond acceptors (Lipinski definition) is 6. The van der Waals surface area contributed by atoms with Gasteiger partial charge in [-0.25, -0.2) is 4.79 Å². The molecule has 4 saturated carbocycles. The normalized spacial score (nSPS) is 16.7. The molecule has 0 atom stereocenters. The molecule has 0 spiro atoms. The molecule has 4 fully saturated rings. The summed E-state index contributed by atoms with van der Waals surface area (Å²) < 4.78 is 5.18. The zero-order valence-corrected chi connectivity index (χ0v) is 44.8. The van der Waals surface area contributed by atoms with Gasteiger partial charge in [0.1, 0.15) is 12.9 Å². The Balaban J connectivity index is 0.000000273. The van der Waals surface area contributed by atoms with E-state index in [1.807, 2.05) is 97.1 Å². The van der Waals surface area contributed by atoms with Gasteiger partial charge < -0.3 is 20.0 Å². The van der Waals surface area contributed by atoms with Gasteiger partial charge in [0.2, 0.25) is 0 Å². The van der Waals surface area contributed by atoms with Crippen molar-refractivity contribution in [3.05, 3.63) is 144 Å². The van der Waals surface area contributed by atoms with E-state index in [-0.39, 0.29) is 28.4 Å². The number of aliphatic hydroxyl groups excluding tert-OH is 1. The number of carbonyl (C=O) groups is 2. The molecule has 4 aliphatic rings. The number of aliphatic hydroxyl groups is 1. The molecule has 368 valence electrons. The van der Waals surface area contributed by atoms with E-state index in [0.717, 1.165) is 23.0 Å². The van der Waals surface area contributed by atoms with Crippen molar-refractivity contribution < 1.29 is 41.5 Å². The summed E-state index contributed by atoms with van der Waals surface area (Å²) in [6.07, 6.45) is 35.3. The molecule has 0 saturated heterocycles. The van der Waals surface area contributed by atoms with Crippen LogP contribution < -0.4 is 5.32 Å². The Bertz CT molecular complexity index is 1680. The van der Waals surface area contributed by atoms with Crippen LogP contribution >= 0.6 is 25.5 Å². The van der Waals surface area contributed by atoms with Gasteiger partial charge >= 0.3 is 33.0 Å². The maximum atomic E-state index is 11.6. The van der Waals surface area contributed by atoms with E-state index in [0.29, 0.717) is 12.2 Å². The molecule has 0 unspecified atom stereocenters. The Morgan fingerprint density at radius 3 is 1.19 bits per heavy atom. The first-order chi connectivity index (χ1) is 33.1. The molecule has 0 radical (unpaired) electrons. The number of aldehydes is 1. The number of rotatable bonds is 15. The summed E-state index contributed by atoms with van der Waals surface area (Å²) in [5.74, 6) is -0.288. The van der Waals surface area contributed by atoms with Crippen molar-refractivity contribution in [2.75, 3.05) is 25.4 Å². The molecule has 6 nitrogen and oxygen atoms in total. The minimum atomic E-state index is -0.288. The van der Waals surface area contributed by atoms with E-state index in [4.69, 9.17) is 14.6 Å². The van der Waals surface area contributed by atoms with Crippen LogP contribution in [-0.4, -0.2) is 72.2 Å². The Kier molecular flexibility index (Phi) is 34.3. The molecular weight excluding hydrogens is 977 g/mol. The first-order valence-corrected chi connectivity index (χ1v) is 31.5. The van der Waals surface area contributed by atoms with Gasteiger partial charge in [0.25, 0.3) is 0 Å². The molecule has 4 aromatic carbocycles. The predicted octanol–water partition coefficient (Wildman–Crippen LogP) is 14.2. The molecule has 4 aromatic rings. The Hall–Kier alpha value is -2.62. The zero-order valence-electron chi connectivity index (χ0n) is 40.2. The van der Waals surface area contributed by atoms with Gasteiger partial charge in [-0.05, 0) is 126 Å². The van der Waals surface area contributed by atoms with Crippen LogP contribution in [0.3, 0.4) is 0 Å². The average Bonchev–Trinajstić information content (AvgIpc) is 3.43. The number of esters is 1. The minimum absolute atomic E-state index is 0.140. The number of carbonyl (C=O) groups excluding carboxylic acids is 3. The molecule has 0 heterocycles. The maximum absolute atomic E-state index is 11.6. The first kappa shape index (κ1) is 58.7. The molecule has 0 aromatic heterocycles. The number of ether oxygens (including phenoxy) is 1. The van der Waals surface area contributed by atoms with Crippen LogP contribution in [0.1, 0.15) is 160 Å². The fourth-order valence-electron chi connectivity index (χ4n) is 10.5. The van der Waals surface area contributed by atoms with E-state index >= 15 is 0 Å². The third-order valence-corrected chi connectivity index (χ3v) is 22.0. The predicted molar refractivity (Wildman–Crippen MR) is 287 cm³/mol. The average molecular weight is 1060 g/mol. The number of benzene rings is 4. The zero-order chi connectivity index (χ0) is 48.0. The van der Waals surface area contributed by atoms with Crippen LogP contribution in [0, 0.1) is 0 Å². The topological polar surface area (TPSA) is 92.7 Å². The standard InChI is InChI=1S/C28H53NP2.C14H12O2.C7H8O.C7H6O.CHO.ClH.Ru.H/c1-5-13-25(14-6-1)30(26-15-7-2-8-16-26)23-21-29-22-24-31(27-17-9-3-10-18-27)28-19-11-4-12-20-28;15-14(13-9-5-2-6-10-13)16-11-12-7-3-1-4-8-12;2*8-6-7-4-2-1-3-5-7;1-2;;;/h25-29H,1-24H2;1-10H,11H2;1-5,8H,6H2;1-6H;1H;1H;;/q;;;;-1;;+3;/p+1. The molecule has 10 heteroatoms. The number of hydrogen-bond donors (Lipinski definition) is 2. The molecule has 2 N–H and O–H groups in total. The van der Waals surface area contributed by atoms with Gasteiger partial charge in [-0.1, -0.05) is 135 Å². The SMILES string of the molecule is C1CCC([PH+](CCNCC[PH+](C2CCCCC2)C2CCCCC2)C2CCCCC2)CC1.O=C(OCc1ccccc1)c1ccccc1.O=Cc1ccccc1.OCc1ccccc1.[CH-]=O.[Cl][RuH+2]. The van der Waals surface area contributed by atoms with Crippen molar-refractivity contribution in [2.24, 2.45) is 0 Å². The van der Waals surface area contributed by atoms with Crippen molar-refractivity contribution in [1.82, 2.24) is 5.32 Å². The van der Waals surface area contributed by atoms with Gasteiger partial charge in [-0.3, -0.25) is 11.6 Å². The van der Waals surface area contributed by atoms with Crippen molar-refractivity contribution in [2.45, 2.75) is 164 Å². The summed E-state index contributed by atoms with van der Waals surface area (Å²) in [6, 6.07) is 37.3.